The summed E-state index contributed by atoms with van der Waals surface area (Å²) in [4.78, 5) is 0. The van der Waals surface area contributed by atoms with E-state index >= 15 is 0 Å². The van der Waals surface area contributed by atoms with Crippen molar-refractivity contribution in [3.8, 4) is 22.3 Å². The van der Waals surface area contributed by atoms with E-state index < -0.39 is 0 Å². The second kappa shape index (κ2) is 11.8. The summed E-state index contributed by atoms with van der Waals surface area (Å²) in [5.74, 6) is 0. The van der Waals surface area contributed by atoms with Crippen LogP contribution in [0.5, 0.6) is 0 Å². The Morgan fingerprint density at radius 1 is 0.500 bits per heavy atom. The van der Waals surface area contributed by atoms with Crippen molar-refractivity contribution in [2.75, 3.05) is 0 Å². The van der Waals surface area contributed by atoms with Crippen LogP contribution in [0.3, 0.4) is 0 Å². The normalized spacial score (nSPS) is 11.2. The summed E-state index contributed by atoms with van der Waals surface area (Å²) < 4.78 is 0. The third-order valence-electron chi connectivity index (χ3n) is 8.01. The zero-order valence-corrected chi connectivity index (χ0v) is 28.8. The van der Waals surface area contributed by atoms with Gasteiger partial charge in [0.2, 0.25) is 0 Å². The molecule has 0 nitrogen and oxygen atoms in total. The predicted molar refractivity (Wildman–Crippen MR) is 174 cm³/mol. The molecule has 1 heteroatoms. The molecule has 6 rings (SSSR count). The third-order valence-corrected chi connectivity index (χ3v) is 8.01. The van der Waals surface area contributed by atoms with Crippen molar-refractivity contribution in [2.45, 2.75) is 47.0 Å². The molecular weight excluding hydrogens is 647 g/mol. The maximum absolute atomic E-state index is 2.42. The first kappa shape index (κ1) is 31.5. The van der Waals surface area contributed by atoms with Gasteiger partial charge in [0.1, 0.15) is 0 Å². The van der Waals surface area contributed by atoms with Crippen molar-refractivity contribution in [2.24, 2.45) is 0 Å². The topological polar surface area (TPSA) is 0 Å². The molecule has 6 aromatic carbocycles. The molecule has 0 aliphatic carbocycles. The summed E-state index contributed by atoms with van der Waals surface area (Å²) in [6.07, 6.45) is 0. The van der Waals surface area contributed by atoms with Crippen LogP contribution in [0.1, 0.15) is 47.2 Å². The Kier molecular flexibility index (Phi) is 9.32. The summed E-state index contributed by atoms with van der Waals surface area (Å²) in [7, 11) is 0. The van der Waals surface area contributed by atoms with Crippen LogP contribution in [-0.2, 0) is 31.3 Å². The first-order valence-electron chi connectivity index (χ1n) is 13.3. The minimum absolute atomic E-state index is 0. The second-order valence-electron chi connectivity index (χ2n) is 11.5. The number of rotatable bonds is 4. The van der Waals surface area contributed by atoms with Gasteiger partial charge in [-0.3, -0.25) is 0 Å². The molecule has 0 N–H and O–H groups in total. The minimum Gasteiger partial charge on any atom is -0.358 e. The van der Waals surface area contributed by atoms with E-state index in [4.69, 9.17) is 0 Å². The fraction of sp³-hybridized carbons (Fsp3) is 0.179. The first-order chi connectivity index (χ1) is 17.7. The van der Waals surface area contributed by atoms with Gasteiger partial charge in [0.15, 0.2) is 0 Å². The van der Waals surface area contributed by atoms with Gasteiger partial charge in [-0.1, -0.05) is 95.8 Å². The van der Waals surface area contributed by atoms with Gasteiger partial charge in [-0.15, -0.1) is 69.1 Å². The van der Waals surface area contributed by atoms with Crippen molar-refractivity contribution in [3.05, 3.63) is 145 Å². The number of benzene rings is 4. The van der Waals surface area contributed by atoms with Crippen LogP contribution in [0.15, 0.2) is 97.1 Å². The summed E-state index contributed by atoms with van der Waals surface area (Å²) in [6, 6.07) is 36.8. The molecule has 0 spiro atoms. The van der Waals surface area contributed by atoms with Crippen LogP contribution in [0.2, 0.25) is 0 Å². The number of hydrogen-bond donors (Lipinski definition) is 0. The van der Waals surface area contributed by atoms with Gasteiger partial charge in [-0.25, -0.2) is 0 Å². The van der Waals surface area contributed by atoms with Crippen LogP contribution in [-0.4, -0.2) is 0 Å². The molecule has 40 heavy (non-hydrogen) atoms. The van der Waals surface area contributed by atoms with E-state index in [1.165, 1.54) is 77.2 Å². The van der Waals surface area contributed by atoms with E-state index in [2.05, 4.69) is 139 Å². The van der Waals surface area contributed by atoms with E-state index in [1.807, 2.05) is 0 Å². The molecule has 0 radical (unpaired) electrons. The Labute approximate surface area is 260 Å². The van der Waals surface area contributed by atoms with Crippen molar-refractivity contribution in [1.29, 1.82) is 0 Å². The molecule has 0 aliphatic heterocycles. The number of aryl methyl sites for hydroxylation is 4. The molecule has 0 saturated carbocycles. The molecule has 0 atom stereocenters. The molecule has 0 unspecified atom stereocenters. The molecule has 0 amide bonds. The van der Waals surface area contributed by atoms with E-state index in [1.54, 1.807) is 0 Å². The molecule has 0 bridgehead atoms. The zero-order valence-electron chi connectivity index (χ0n) is 25.2. The monoisotopic (exact) mass is 688 g/mol. The van der Waals surface area contributed by atoms with Crippen LogP contribution in [0.25, 0.3) is 43.8 Å². The Morgan fingerprint density at radius 2 is 0.850 bits per heavy atom. The summed E-state index contributed by atoms with van der Waals surface area (Å²) in [5, 5.41) is 5.30. The van der Waals surface area contributed by atoms with Gasteiger partial charge in [0.05, 0.1) is 0 Å². The smallest absolute Gasteiger partial charge is 0.358 e. The number of fused-ring (bicyclic) bond motifs is 2. The number of hydrogen-bond acceptors (Lipinski definition) is 0. The van der Waals surface area contributed by atoms with Gasteiger partial charge in [0, 0.05) is 0 Å². The van der Waals surface area contributed by atoms with Crippen LogP contribution >= 0.6 is 0 Å². The van der Waals surface area contributed by atoms with E-state index in [9.17, 15) is 0 Å². The molecule has 0 aromatic heterocycles. The Bertz CT molecular complexity index is 1620. The first-order valence-corrected chi connectivity index (χ1v) is 13.3. The standard InChI is InChI=1S/C37H34.2CH3.Hf/c1-23-13-24(2)16-29(15-23)33-11-7-9-27-19-31(21-35(27)33)37(5,6)32-20-28-10-8-12-34(36(28)22-32)30-17-25(3)14-26(4)18-30;;;/h7-22H,1-6H3;2*1H3;/q-2;2*-1;+4. The zero-order chi connectivity index (χ0) is 25.9. The van der Waals surface area contributed by atoms with Crippen molar-refractivity contribution in [1.82, 2.24) is 0 Å². The quantitative estimate of drug-likeness (QED) is 0.128. The van der Waals surface area contributed by atoms with E-state index in [0.29, 0.717) is 0 Å². The average molecular weight is 687 g/mol. The van der Waals surface area contributed by atoms with Crippen molar-refractivity contribution >= 4 is 21.5 Å². The van der Waals surface area contributed by atoms with Crippen molar-refractivity contribution < 1.29 is 25.8 Å². The van der Waals surface area contributed by atoms with Gasteiger partial charge in [-0.2, -0.15) is 12.1 Å². The van der Waals surface area contributed by atoms with Gasteiger partial charge < -0.3 is 14.9 Å². The molecule has 0 fully saturated rings. The van der Waals surface area contributed by atoms with Crippen LogP contribution in [0.4, 0.5) is 0 Å². The van der Waals surface area contributed by atoms with Crippen LogP contribution in [0, 0.1) is 42.5 Å². The van der Waals surface area contributed by atoms with E-state index in [-0.39, 0.29) is 46.1 Å². The molecule has 6 aromatic rings. The SMILES string of the molecule is Cc1cc(C)cc(-c2cccc3[cH-]c(C(C)(C)c4cc5c(-c6cc(C)cc(C)c6)cccc5[cH-]4)cc23)c1.[CH3-].[CH3-].[Hf+4]. The fourth-order valence-electron chi connectivity index (χ4n) is 6.12. The van der Waals surface area contributed by atoms with E-state index in [0.717, 1.165) is 0 Å². The molecule has 0 heterocycles. The maximum atomic E-state index is 2.42. The Hall–Kier alpha value is -3.03. The largest absolute Gasteiger partial charge is 4.00 e. The maximum Gasteiger partial charge on any atom is 4.00 e. The molecule has 0 saturated heterocycles. The van der Waals surface area contributed by atoms with Gasteiger partial charge in [0.25, 0.3) is 0 Å². The second-order valence-corrected chi connectivity index (χ2v) is 11.5. The van der Waals surface area contributed by atoms with Gasteiger partial charge in [-0.05, 0) is 44.2 Å². The summed E-state index contributed by atoms with van der Waals surface area (Å²) in [6.45, 7) is 13.5. The summed E-state index contributed by atoms with van der Waals surface area (Å²) >= 11 is 0. The molecular formula is C39H40Hf. The fourth-order valence-corrected chi connectivity index (χ4v) is 6.12. The third kappa shape index (κ3) is 5.59. The van der Waals surface area contributed by atoms with Gasteiger partial charge >= 0.3 is 25.8 Å². The molecule has 200 valence electrons. The molecule has 0 aliphatic rings. The predicted octanol–water partition coefficient (Wildman–Crippen LogP) is 11.2. The Balaban J connectivity index is 0.00000147. The van der Waals surface area contributed by atoms with Crippen molar-refractivity contribution in [3.63, 3.8) is 0 Å². The average Bonchev–Trinajstić information content (AvgIpc) is 3.48. The summed E-state index contributed by atoms with van der Waals surface area (Å²) in [5.41, 5.74) is 13.1. The Morgan fingerprint density at radius 3 is 1.20 bits per heavy atom. The van der Waals surface area contributed by atoms with Crippen LogP contribution < -0.4 is 0 Å². The minimum atomic E-state index is -0.113.